The number of pyridine rings is 1. The Morgan fingerprint density at radius 2 is 1.59 bits per heavy atom. The van der Waals surface area contributed by atoms with Crippen molar-refractivity contribution in [1.29, 1.82) is 0 Å². The summed E-state index contributed by atoms with van der Waals surface area (Å²) >= 11 is 0. The summed E-state index contributed by atoms with van der Waals surface area (Å²) in [7, 11) is 0. The first kappa shape index (κ1) is 26.3. The van der Waals surface area contributed by atoms with Gasteiger partial charge in [0, 0.05) is 68.0 Å². The molecular formula is C29H34FN5O2. The number of carbonyl (C=O) groups excluding carboxylic acids is 2. The number of amides is 2. The van der Waals surface area contributed by atoms with E-state index in [1.54, 1.807) is 29.4 Å². The molecule has 194 valence electrons. The number of rotatable bonds is 9. The van der Waals surface area contributed by atoms with E-state index in [4.69, 9.17) is 5.73 Å². The number of anilines is 2. The molecule has 7 nitrogen and oxygen atoms in total. The maximum atomic E-state index is 15.2. The van der Waals surface area contributed by atoms with E-state index in [0.29, 0.717) is 24.3 Å². The van der Waals surface area contributed by atoms with Crippen molar-refractivity contribution >= 4 is 23.2 Å². The Kier molecular flexibility index (Phi) is 8.50. The van der Waals surface area contributed by atoms with Gasteiger partial charge in [-0.2, -0.15) is 0 Å². The van der Waals surface area contributed by atoms with Crippen LogP contribution in [-0.4, -0.2) is 58.8 Å². The Labute approximate surface area is 217 Å². The maximum Gasteiger partial charge on any atom is 0.253 e. The van der Waals surface area contributed by atoms with Crippen LogP contribution in [0.4, 0.5) is 15.8 Å². The lowest BCUT2D eigenvalue weighted by Gasteiger charge is -2.40. The van der Waals surface area contributed by atoms with E-state index >= 15 is 4.39 Å². The molecule has 1 saturated heterocycles. The predicted molar refractivity (Wildman–Crippen MR) is 143 cm³/mol. The van der Waals surface area contributed by atoms with E-state index in [9.17, 15) is 9.59 Å². The van der Waals surface area contributed by atoms with Crippen molar-refractivity contribution in [1.82, 2.24) is 14.8 Å². The molecule has 2 amide bonds. The lowest BCUT2D eigenvalue weighted by Crippen LogP contribution is -2.43. The fourth-order valence-electron chi connectivity index (χ4n) is 4.94. The number of primary amides is 1. The largest absolute Gasteiger partial charge is 0.366 e. The number of halogens is 1. The van der Waals surface area contributed by atoms with Crippen molar-refractivity contribution in [2.75, 3.05) is 31.1 Å². The highest BCUT2D eigenvalue weighted by Crippen LogP contribution is 2.35. The van der Waals surface area contributed by atoms with Gasteiger partial charge in [-0.05, 0) is 86.8 Å². The third kappa shape index (κ3) is 6.14. The van der Waals surface area contributed by atoms with Gasteiger partial charge in [0.25, 0.3) is 5.91 Å². The van der Waals surface area contributed by atoms with Crippen LogP contribution in [0.2, 0.25) is 0 Å². The summed E-state index contributed by atoms with van der Waals surface area (Å²) in [6.07, 6.45) is 5.22. The van der Waals surface area contributed by atoms with Crippen LogP contribution >= 0.6 is 0 Å². The Morgan fingerprint density at radius 3 is 2.19 bits per heavy atom. The van der Waals surface area contributed by atoms with Crippen LogP contribution in [0.1, 0.15) is 53.0 Å². The van der Waals surface area contributed by atoms with Gasteiger partial charge in [-0.15, -0.1) is 0 Å². The molecule has 8 heteroatoms. The summed E-state index contributed by atoms with van der Waals surface area (Å²) in [5, 5.41) is 0. The average molecular weight is 504 g/mol. The van der Waals surface area contributed by atoms with Gasteiger partial charge in [0.1, 0.15) is 5.82 Å². The minimum Gasteiger partial charge on any atom is -0.366 e. The van der Waals surface area contributed by atoms with E-state index < -0.39 is 11.7 Å². The summed E-state index contributed by atoms with van der Waals surface area (Å²) in [5.74, 6) is -1.06. The van der Waals surface area contributed by atoms with Crippen LogP contribution in [0.15, 0.2) is 67.0 Å². The predicted octanol–water partition coefficient (Wildman–Crippen LogP) is 4.60. The third-order valence-corrected chi connectivity index (χ3v) is 7.01. The van der Waals surface area contributed by atoms with Gasteiger partial charge in [0.15, 0.2) is 0 Å². The number of hydrogen-bond acceptors (Lipinski definition) is 5. The Morgan fingerprint density at radius 1 is 0.973 bits per heavy atom. The number of hydrogen-bond donors (Lipinski definition) is 1. The zero-order valence-electron chi connectivity index (χ0n) is 21.4. The van der Waals surface area contributed by atoms with Crippen LogP contribution < -0.4 is 10.6 Å². The second-order valence-electron chi connectivity index (χ2n) is 9.29. The molecule has 0 bridgehead atoms. The van der Waals surface area contributed by atoms with Gasteiger partial charge < -0.3 is 15.5 Å². The maximum absolute atomic E-state index is 15.2. The zero-order valence-corrected chi connectivity index (χ0v) is 21.4. The SMILES string of the molecule is CCN(CC)C(=O)c1ccc(N(c2cc(C(N)=O)ccc2F)C2CCN(Cc3ccncc3)CC2)cc1. The summed E-state index contributed by atoms with van der Waals surface area (Å²) in [6.45, 7) is 7.69. The molecule has 4 rings (SSSR count). The van der Waals surface area contributed by atoms with Crippen molar-refractivity contribution in [3.63, 3.8) is 0 Å². The topological polar surface area (TPSA) is 82.8 Å². The first-order valence-electron chi connectivity index (χ1n) is 12.8. The summed E-state index contributed by atoms with van der Waals surface area (Å²) in [4.78, 5) is 34.9. The van der Waals surface area contributed by atoms with Crippen molar-refractivity contribution in [2.45, 2.75) is 39.3 Å². The molecule has 1 aliphatic heterocycles. The molecule has 0 atom stereocenters. The first-order chi connectivity index (χ1) is 17.9. The normalized spacial score (nSPS) is 14.4. The van der Waals surface area contributed by atoms with Crippen molar-refractivity contribution in [3.8, 4) is 0 Å². The molecule has 1 aliphatic rings. The van der Waals surface area contributed by atoms with E-state index in [2.05, 4.69) is 9.88 Å². The Bertz CT molecular complexity index is 1210. The van der Waals surface area contributed by atoms with Gasteiger partial charge >= 0.3 is 0 Å². The molecule has 1 fully saturated rings. The van der Waals surface area contributed by atoms with E-state index in [-0.39, 0.29) is 17.5 Å². The molecule has 2 heterocycles. The fraction of sp³-hybridized carbons (Fsp3) is 0.345. The van der Waals surface area contributed by atoms with Crippen LogP contribution in [-0.2, 0) is 6.54 Å². The van der Waals surface area contributed by atoms with Crippen molar-refractivity contribution < 1.29 is 14.0 Å². The number of nitrogens with zero attached hydrogens (tertiary/aromatic N) is 4. The van der Waals surface area contributed by atoms with Crippen LogP contribution in [0.3, 0.4) is 0 Å². The molecule has 37 heavy (non-hydrogen) atoms. The molecule has 2 N–H and O–H groups in total. The molecule has 0 radical (unpaired) electrons. The van der Waals surface area contributed by atoms with Gasteiger partial charge in [0.05, 0.1) is 5.69 Å². The van der Waals surface area contributed by atoms with Crippen LogP contribution in [0, 0.1) is 5.82 Å². The standard InChI is InChI=1S/C29H34FN5O2/c1-3-34(4-2)29(37)22-5-8-24(9-6-22)35(27-19-23(28(31)36)7-10-26(27)30)25-13-17-33(18-14-25)20-21-11-15-32-16-12-21/h5-12,15-16,19,25H,3-4,13-14,17-18,20H2,1-2H3,(H2,31,36). The highest BCUT2D eigenvalue weighted by Gasteiger charge is 2.28. The smallest absolute Gasteiger partial charge is 0.253 e. The molecule has 0 saturated carbocycles. The molecule has 0 unspecified atom stereocenters. The molecule has 1 aromatic heterocycles. The number of likely N-dealkylation sites (tertiary alicyclic amines) is 1. The van der Waals surface area contributed by atoms with Crippen molar-refractivity contribution in [2.24, 2.45) is 5.73 Å². The van der Waals surface area contributed by atoms with Crippen LogP contribution in [0.5, 0.6) is 0 Å². The third-order valence-electron chi connectivity index (χ3n) is 7.01. The number of nitrogens with two attached hydrogens (primary N) is 1. The summed E-state index contributed by atoms with van der Waals surface area (Å²) in [6, 6.07) is 15.6. The van der Waals surface area contributed by atoms with Crippen molar-refractivity contribution in [3.05, 3.63) is 89.5 Å². The molecule has 2 aromatic carbocycles. The zero-order chi connectivity index (χ0) is 26.4. The highest BCUT2D eigenvalue weighted by molar-refractivity contribution is 5.95. The number of carbonyl (C=O) groups is 2. The van der Waals surface area contributed by atoms with E-state index in [0.717, 1.165) is 38.2 Å². The quantitative estimate of drug-likeness (QED) is 0.461. The number of piperidine rings is 1. The second kappa shape index (κ2) is 12.0. The van der Waals surface area contributed by atoms with Gasteiger partial charge in [0.2, 0.25) is 5.91 Å². The average Bonchev–Trinajstić information content (AvgIpc) is 2.92. The van der Waals surface area contributed by atoms with Gasteiger partial charge in [-0.1, -0.05) is 0 Å². The minimum atomic E-state index is -0.603. The van der Waals surface area contributed by atoms with Gasteiger partial charge in [-0.3, -0.25) is 19.5 Å². The minimum absolute atomic E-state index is 0.00986. The van der Waals surface area contributed by atoms with E-state index in [1.165, 1.54) is 23.8 Å². The molecule has 0 aliphatic carbocycles. The lowest BCUT2D eigenvalue weighted by molar-refractivity contribution is 0.0772. The van der Waals surface area contributed by atoms with E-state index in [1.807, 2.05) is 43.0 Å². The van der Waals surface area contributed by atoms with Crippen LogP contribution in [0.25, 0.3) is 0 Å². The molecular weight excluding hydrogens is 469 g/mol. The number of benzene rings is 2. The summed E-state index contributed by atoms with van der Waals surface area (Å²) < 4.78 is 15.2. The highest BCUT2D eigenvalue weighted by atomic mass is 19.1. The summed E-state index contributed by atoms with van der Waals surface area (Å²) in [5.41, 5.74) is 8.65. The Balaban J connectivity index is 1.62. The fourth-order valence-corrected chi connectivity index (χ4v) is 4.94. The number of aromatic nitrogens is 1. The first-order valence-corrected chi connectivity index (χ1v) is 12.8. The van der Waals surface area contributed by atoms with Gasteiger partial charge in [-0.25, -0.2) is 4.39 Å². The lowest BCUT2D eigenvalue weighted by atomic mass is 9.99. The second-order valence-corrected chi connectivity index (χ2v) is 9.29. The molecule has 0 spiro atoms. The monoisotopic (exact) mass is 503 g/mol. The molecule has 3 aromatic rings. The Hall–Kier alpha value is -3.78.